The number of rotatable bonds is 10. The SMILES string of the molecule is N=C(N)c1ccc(NC(=O)CCC(=O)N(CCO)c2ccc(NC(=O)C3CCCCC3)cc2)cc1. The largest absolute Gasteiger partial charge is 0.395 e. The zero-order valence-electron chi connectivity index (χ0n) is 19.8. The molecule has 3 amide bonds. The molecule has 0 unspecified atom stereocenters. The number of amidine groups is 1. The van der Waals surface area contributed by atoms with Crippen LogP contribution in [0.5, 0.6) is 0 Å². The molecule has 0 bridgehead atoms. The molecule has 0 radical (unpaired) electrons. The molecule has 2 aromatic rings. The Morgan fingerprint density at radius 3 is 2.11 bits per heavy atom. The molecule has 1 aliphatic rings. The fraction of sp³-hybridized carbons (Fsp3) is 0.385. The zero-order valence-corrected chi connectivity index (χ0v) is 19.8. The van der Waals surface area contributed by atoms with Crippen molar-refractivity contribution in [3.05, 3.63) is 54.1 Å². The highest BCUT2D eigenvalue weighted by atomic mass is 16.3. The van der Waals surface area contributed by atoms with Crippen LogP contribution in [0.4, 0.5) is 17.1 Å². The molecule has 0 aliphatic heterocycles. The normalized spacial score (nSPS) is 13.6. The smallest absolute Gasteiger partial charge is 0.227 e. The molecule has 0 atom stereocenters. The van der Waals surface area contributed by atoms with Gasteiger partial charge in [0, 0.05) is 47.9 Å². The Kier molecular flexibility index (Phi) is 9.37. The van der Waals surface area contributed by atoms with Crippen LogP contribution in [0.25, 0.3) is 0 Å². The summed E-state index contributed by atoms with van der Waals surface area (Å²) >= 11 is 0. The number of anilines is 3. The molecular weight excluding hydrogens is 446 g/mol. The van der Waals surface area contributed by atoms with Gasteiger partial charge < -0.3 is 26.4 Å². The summed E-state index contributed by atoms with van der Waals surface area (Å²) in [6.07, 6.45) is 5.13. The summed E-state index contributed by atoms with van der Waals surface area (Å²) in [5.74, 6) is -0.590. The molecule has 0 aromatic heterocycles. The van der Waals surface area contributed by atoms with Gasteiger partial charge in [-0.2, -0.15) is 0 Å². The van der Waals surface area contributed by atoms with Crippen molar-refractivity contribution in [1.29, 1.82) is 5.41 Å². The summed E-state index contributed by atoms with van der Waals surface area (Å²) in [7, 11) is 0. The predicted molar refractivity (Wildman–Crippen MR) is 136 cm³/mol. The number of hydrogen-bond donors (Lipinski definition) is 5. The van der Waals surface area contributed by atoms with Gasteiger partial charge in [-0.15, -0.1) is 0 Å². The average molecular weight is 480 g/mol. The van der Waals surface area contributed by atoms with Gasteiger partial charge in [-0.1, -0.05) is 19.3 Å². The predicted octanol–water partition coefficient (Wildman–Crippen LogP) is 3.23. The van der Waals surface area contributed by atoms with Gasteiger partial charge in [0.1, 0.15) is 5.84 Å². The number of nitrogens with one attached hydrogen (secondary N) is 3. The Bertz CT molecular complexity index is 1030. The Balaban J connectivity index is 1.53. The Hall–Kier alpha value is -3.72. The molecule has 1 aliphatic carbocycles. The number of nitrogens with zero attached hydrogens (tertiary/aromatic N) is 1. The van der Waals surface area contributed by atoms with Gasteiger partial charge in [0.25, 0.3) is 0 Å². The molecule has 186 valence electrons. The first-order chi connectivity index (χ1) is 16.9. The number of benzene rings is 2. The van der Waals surface area contributed by atoms with Crippen LogP contribution in [0.2, 0.25) is 0 Å². The molecule has 35 heavy (non-hydrogen) atoms. The topological polar surface area (TPSA) is 149 Å². The van der Waals surface area contributed by atoms with E-state index in [0.717, 1.165) is 25.7 Å². The van der Waals surface area contributed by atoms with Crippen LogP contribution in [0.3, 0.4) is 0 Å². The third-order valence-corrected chi connectivity index (χ3v) is 6.09. The fourth-order valence-electron chi connectivity index (χ4n) is 4.14. The van der Waals surface area contributed by atoms with E-state index >= 15 is 0 Å². The average Bonchev–Trinajstić information content (AvgIpc) is 2.87. The molecule has 1 saturated carbocycles. The summed E-state index contributed by atoms with van der Waals surface area (Å²) in [6, 6.07) is 13.5. The molecule has 0 saturated heterocycles. The van der Waals surface area contributed by atoms with E-state index in [9.17, 15) is 19.5 Å². The maximum atomic E-state index is 12.8. The summed E-state index contributed by atoms with van der Waals surface area (Å²) in [5, 5.41) is 22.5. The van der Waals surface area contributed by atoms with E-state index in [2.05, 4.69) is 10.6 Å². The lowest BCUT2D eigenvalue weighted by molar-refractivity contribution is -0.122. The van der Waals surface area contributed by atoms with Crippen molar-refractivity contribution < 1.29 is 19.5 Å². The first kappa shape index (κ1) is 25.9. The molecule has 3 rings (SSSR count). The lowest BCUT2D eigenvalue weighted by Crippen LogP contribution is -2.34. The summed E-state index contributed by atoms with van der Waals surface area (Å²) in [5.41, 5.74) is 7.77. The molecule has 9 nitrogen and oxygen atoms in total. The van der Waals surface area contributed by atoms with E-state index in [1.165, 1.54) is 11.3 Å². The highest BCUT2D eigenvalue weighted by Gasteiger charge is 2.21. The van der Waals surface area contributed by atoms with Crippen LogP contribution in [-0.4, -0.2) is 41.8 Å². The first-order valence-corrected chi connectivity index (χ1v) is 11.9. The Labute approximate surface area is 205 Å². The third-order valence-electron chi connectivity index (χ3n) is 6.09. The molecule has 0 heterocycles. The monoisotopic (exact) mass is 479 g/mol. The first-order valence-electron chi connectivity index (χ1n) is 11.9. The molecule has 0 spiro atoms. The van der Waals surface area contributed by atoms with Gasteiger partial charge in [0.05, 0.1) is 6.61 Å². The van der Waals surface area contributed by atoms with Crippen molar-refractivity contribution in [3.8, 4) is 0 Å². The van der Waals surface area contributed by atoms with Crippen LogP contribution in [0.15, 0.2) is 48.5 Å². The quantitative estimate of drug-likeness (QED) is 0.262. The number of amides is 3. The molecule has 2 aromatic carbocycles. The van der Waals surface area contributed by atoms with Crippen LogP contribution in [0.1, 0.15) is 50.5 Å². The number of carbonyl (C=O) groups excluding carboxylic acids is 3. The van der Waals surface area contributed by atoms with Gasteiger partial charge in [-0.05, 0) is 61.4 Å². The minimum absolute atomic E-state index is 0.0231. The van der Waals surface area contributed by atoms with Crippen LogP contribution in [0, 0.1) is 11.3 Å². The number of nitrogens with two attached hydrogens (primary N) is 1. The summed E-state index contributed by atoms with van der Waals surface area (Å²) in [6.45, 7) is -0.124. The minimum atomic E-state index is -0.321. The van der Waals surface area contributed by atoms with Gasteiger partial charge in [-0.25, -0.2) is 0 Å². The lowest BCUT2D eigenvalue weighted by atomic mass is 9.88. The highest BCUT2D eigenvalue weighted by molar-refractivity contribution is 5.99. The number of carbonyl (C=O) groups is 3. The highest BCUT2D eigenvalue weighted by Crippen LogP contribution is 2.26. The van der Waals surface area contributed by atoms with Crippen LogP contribution < -0.4 is 21.3 Å². The number of aliphatic hydroxyl groups excluding tert-OH is 1. The van der Waals surface area contributed by atoms with Gasteiger partial charge >= 0.3 is 0 Å². The van der Waals surface area contributed by atoms with E-state index in [0.29, 0.717) is 22.6 Å². The second kappa shape index (κ2) is 12.7. The number of hydrogen-bond acceptors (Lipinski definition) is 5. The van der Waals surface area contributed by atoms with E-state index in [4.69, 9.17) is 11.1 Å². The molecule has 1 fully saturated rings. The van der Waals surface area contributed by atoms with E-state index in [1.807, 2.05) is 0 Å². The molecular formula is C26H33N5O4. The second-order valence-electron chi connectivity index (χ2n) is 8.68. The van der Waals surface area contributed by atoms with E-state index in [-0.39, 0.29) is 55.5 Å². The number of nitrogen functional groups attached to an aromatic ring is 1. The van der Waals surface area contributed by atoms with Gasteiger partial charge in [0.15, 0.2) is 0 Å². The van der Waals surface area contributed by atoms with E-state index < -0.39 is 0 Å². The van der Waals surface area contributed by atoms with Crippen molar-refractivity contribution in [1.82, 2.24) is 0 Å². The number of aliphatic hydroxyl groups is 1. The fourth-order valence-corrected chi connectivity index (χ4v) is 4.14. The van der Waals surface area contributed by atoms with Gasteiger partial charge in [0.2, 0.25) is 17.7 Å². The third kappa shape index (κ3) is 7.65. The zero-order chi connectivity index (χ0) is 25.2. The van der Waals surface area contributed by atoms with Crippen molar-refractivity contribution in [3.63, 3.8) is 0 Å². The Morgan fingerprint density at radius 2 is 1.51 bits per heavy atom. The van der Waals surface area contributed by atoms with Crippen molar-refractivity contribution in [2.45, 2.75) is 44.9 Å². The molecule has 6 N–H and O–H groups in total. The van der Waals surface area contributed by atoms with Crippen molar-refractivity contribution in [2.75, 3.05) is 28.7 Å². The second-order valence-corrected chi connectivity index (χ2v) is 8.68. The van der Waals surface area contributed by atoms with Crippen LogP contribution >= 0.6 is 0 Å². The van der Waals surface area contributed by atoms with Crippen LogP contribution in [-0.2, 0) is 14.4 Å². The van der Waals surface area contributed by atoms with E-state index in [1.54, 1.807) is 48.5 Å². The lowest BCUT2D eigenvalue weighted by Gasteiger charge is -2.23. The summed E-state index contributed by atoms with van der Waals surface area (Å²) < 4.78 is 0. The summed E-state index contributed by atoms with van der Waals surface area (Å²) in [4.78, 5) is 39.0. The molecule has 9 heteroatoms. The minimum Gasteiger partial charge on any atom is -0.395 e. The maximum Gasteiger partial charge on any atom is 0.227 e. The standard InChI is InChI=1S/C26H33N5O4/c27-25(28)18-6-8-20(9-7-18)29-23(33)14-15-24(34)31(16-17-32)22-12-10-21(11-13-22)30-26(35)19-4-2-1-3-5-19/h6-13,19,32H,1-5,14-17H2,(H3,27,28)(H,29,33)(H,30,35). The van der Waals surface area contributed by atoms with Crippen molar-refractivity contribution in [2.24, 2.45) is 11.7 Å². The Morgan fingerprint density at radius 1 is 0.914 bits per heavy atom. The maximum absolute atomic E-state index is 12.8. The van der Waals surface area contributed by atoms with Gasteiger partial charge in [-0.3, -0.25) is 19.8 Å². The van der Waals surface area contributed by atoms with Crippen molar-refractivity contribution >= 4 is 40.6 Å².